The first-order valence-corrected chi connectivity index (χ1v) is 12.3. The van der Waals surface area contributed by atoms with Gasteiger partial charge in [0.15, 0.2) is 0 Å². The third-order valence-corrected chi connectivity index (χ3v) is 7.17. The fourth-order valence-electron chi connectivity index (χ4n) is 4.54. The van der Waals surface area contributed by atoms with Crippen molar-refractivity contribution < 1.29 is 0 Å². The van der Waals surface area contributed by atoms with Gasteiger partial charge < -0.3 is 10.2 Å². The zero-order valence-electron chi connectivity index (χ0n) is 18.9. The van der Waals surface area contributed by atoms with Gasteiger partial charge in [-0.15, -0.1) is 11.3 Å². The molecule has 0 fully saturated rings. The number of aryl methyl sites for hydroxylation is 1. The van der Waals surface area contributed by atoms with E-state index in [1.54, 1.807) is 0 Å². The van der Waals surface area contributed by atoms with Crippen molar-refractivity contribution in [1.82, 2.24) is 0 Å². The van der Waals surface area contributed by atoms with E-state index in [1.807, 2.05) is 11.3 Å². The van der Waals surface area contributed by atoms with Gasteiger partial charge in [-0.2, -0.15) is 0 Å². The van der Waals surface area contributed by atoms with Gasteiger partial charge >= 0.3 is 0 Å². The number of benzene rings is 5. The highest BCUT2D eigenvalue weighted by Crippen LogP contribution is 2.38. The van der Waals surface area contributed by atoms with E-state index < -0.39 is 0 Å². The third-order valence-electron chi connectivity index (χ3n) is 6.01. The lowest BCUT2D eigenvalue weighted by Gasteiger charge is -2.26. The lowest BCUT2D eigenvalue weighted by atomic mass is 10.1. The summed E-state index contributed by atoms with van der Waals surface area (Å²) in [5.41, 5.74) is 6.78. The lowest BCUT2D eigenvalue weighted by molar-refractivity contribution is 1.27. The van der Waals surface area contributed by atoms with Crippen molar-refractivity contribution in [2.24, 2.45) is 0 Å². The maximum atomic E-state index is 3.67. The molecule has 6 aromatic rings. The summed E-state index contributed by atoms with van der Waals surface area (Å²) in [6, 6.07) is 43.0. The summed E-state index contributed by atoms with van der Waals surface area (Å²) >= 11 is 1.85. The third kappa shape index (κ3) is 3.91. The second kappa shape index (κ2) is 8.69. The van der Waals surface area contributed by atoms with Crippen molar-refractivity contribution >= 4 is 59.9 Å². The van der Waals surface area contributed by atoms with Crippen LogP contribution in [0.25, 0.3) is 20.2 Å². The fourth-order valence-corrected chi connectivity index (χ4v) is 5.62. The second-order valence-corrected chi connectivity index (χ2v) is 9.58. The van der Waals surface area contributed by atoms with Crippen LogP contribution in [0.5, 0.6) is 0 Å². The molecule has 0 saturated carbocycles. The number of anilines is 5. The summed E-state index contributed by atoms with van der Waals surface area (Å²) in [4.78, 5) is 2.30. The van der Waals surface area contributed by atoms with Crippen LogP contribution in [0.15, 0.2) is 121 Å². The van der Waals surface area contributed by atoms with Crippen LogP contribution in [0.1, 0.15) is 5.56 Å². The maximum Gasteiger partial charge on any atom is 0.0484 e. The number of para-hydroxylation sites is 2. The number of nitrogens with one attached hydrogen (secondary N) is 1. The molecule has 1 aromatic heterocycles. The number of nitrogens with zero attached hydrogens (tertiary/aromatic N) is 1. The molecule has 0 amide bonds. The average Bonchev–Trinajstić information content (AvgIpc) is 3.23. The van der Waals surface area contributed by atoms with Crippen molar-refractivity contribution in [2.45, 2.75) is 6.92 Å². The Labute approximate surface area is 203 Å². The minimum Gasteiger partial charge on any atom is -0.355 e. The molecule has 0 unspecified atom stereocenters. The van der Waals surface area contributed by atoms with Gasteiger partial charge in [-0.1, -0.05) is 54.6 Å². The first-order valence-electron chi connectivity index (χ1n) is 11.4. The zero-order chi connectivity index (χ0) is 22.9. The molecule has 2 nitrogen and oxygen atoms in total. The summed E-state index contributed by atoms with van der Waals surface area (Å²) < 4.78 is 2.64. The normalized spacial score (nSPS) is 11.1. The van der Waals surface area contributed by atoms with Crippen molar-refractivity contribution in [3.63, 3.8) is 0 Å². The van der Waals surface area contributed by atoms with Crippen LogP contribution in [0.3, 0.4) is 0 Å². The van der Waals surface area contributed by atoms with Crippen LogP contribution in [-0.2, 0) is 0 Å². The Bertz CT molecular complexity index is 1550. The van der Waals surface area contributed by atoms with E-state index in [1.165, 1.54) is 25.7 Å². The van der Waals surface area contributed by atoms with Crippen LogP contribution in [0.4, 0.5) is 28.4 Å². The zero-order valence-corrected chi connectivity index (χ0v) is 19.7. The highest BCUT2D eigenvalue weighted by molar-refractivity contribution is 7.25. The van der Waals surface area contributed by atoms with Gasteiger partial charge in [0.1, 0.15) is 0 Å². The number of rotatable bonds is 5. The van der Waals surface area contributed by atoms with Crippen LogP contribution in [-0.4, -0.2) is 0 Å². The van der Waals surface area contributed by atoms with E-state index in [-0.39, 0.29) is 0 Å². The molecule has 1 N–H and O–H groups in total. The summed E-state index contributed by atoms with van der Waals surface area (Å²) in [5, 5.41) is 6.28. The molecule has 164 valence electrons. The van der Waals surface area contributed by atoms with E-state index in [2.05, 4.69) is 138 Å². The minimum absolute atomic E-state index is 1.07. The topological polar surface area (TPSA) is 15.3 Å². The maximum absolute atomic E-state index is 3.67. The number of fused-ring (bicyclic) bond motifs is 3. The molecule has 0 atom stereocenters. The van der Waals surface area contributed by atoms with Crippen molar-refractivity contribution in [3.8, 4) is 0 Å². The van der Waals surface area contributed by atoms with Crippen LogP contribution in [0, 0.1) is 6.92 Å². The number of hydrogen-bond acceptors (Lipinski definition) is 3. The molecule has 0 aliphatic carbocycles. The first-order chi connectivity index (χ1) is 16.7. The summed E-state index contributed by atoms with van der Waals surface area (Å²) in [6.07, 6.45) is 0. The fraction of sp³-hybridized carbons (Fsp3) is 0.0323. The lowest BCUT2D eigenvalue weighted by Crippen LogP contribution is -2.10. The minimum atomic E-state index is 1.07. The molecule has 5 aromatic carbocycles. The highest BCUT2D eigenvalue weighted by Gasteiger charge is 2.13. The van der Waals surface area contributed by atoms with Gasteiger partial charge in [0.25, 0.3) is 0 Å². The van der Waals surface area contributed by atoms with E-state index in [0.717, 1.165) is 28.4 Å². The Morgan fingerprint density at radius 3 is 1.91 bits per heavy atom. The molecule has 0 radical (unpaired) electrons. The molecule has 6 rings (SSSR count). The Kier molecular flexibility index (Phi) is 5.25. The largest absolute Gasteiger partial charge is 0.355 e. The number of hydrogen-bond donors (Lipinski definition) is 1. The summed E-state index contributed by atoms with van der Waals surface area (Å²) in [6.45, 7) is 2.15. The van der Waals surface area contributed by atoms with Crippen molar-refractivity contribution in [1.29, 1.82) is 0 Å². The quantitative estimate of drug-likeness (QED) is 0.278. The summed E-state index contributed by atoms with van der Waals surface area (Å²) in [7, 11) is 0. The van der Waals surface area contributed by atoms with Crippen LogP contribution in [0.2, 0.25) is 0 Å². The molecule has 0 aliphatic heterocycles. The molecule has 0 saturated heterocycles. The van der Waals surface area contributed by atoms with Crippen LogP contribution < -0.4 is 10.2 Å². The highest BCUT2D eigenvalue weighted by atomic mass is 32.1. The van der Waals surface area contributed by atoms with Gasteiger partial charge in [-0.05, 0) is 79.2 Å². The second-order valence-electron chi connectivity index (χ2n) is 8.50. The van der Waals surface area contributed by atoms with Gasteiger partial charge in [-0.25, -0.2) is 0 Å². The van der Waals surface area contributed by atoms with E-state index >= 15 is 0 Å². The Balaban J connectivity index is 1.41. The van der Waals surface area contributed by atoms with Crippen molar-refractivity contribution in [3.05, 3.63) is 127 Å². The smallest absolute Gasteiger partial charge is 0.0484 e. The van der Waals surface area contributed by atoms with E-state index in [0.29, 0.717) is 0 Å². The molecule has 3 heteroatoms. The Hall–Kier alpha value is -4.08. The molecule has 0 bridgehead atoms. The predicted octanol–water partition coefficient (Wildman–Crippen LogP) is 9.58. The van der Waals surface area contributed by atoms with E-state index in [9.17, 15) is 0 Å². The molecule has 0 aliphatic rings. The summed E-state index contributed by atoms with van der Waals surface area (Å²) in [5.74, 6) is 0. The molecule has 1 heterocycles. The van der Waals surface area contributed by atoms with E-state index in [4.69, 9.17) is 0 Å². The Morgan fingerprint density at radius 2 is 1.18 bits per heavy atom. The number of thiophene rings is 1. The molecular weight excluding hydrogens is 432 g/mol. The standard InChI is InChI=1S/C31H24N2S/c1-22-18-24(32-23-16-17-31-29(21-23)28-14-8-9-15-30(28)34-31)20-27(19-22)33(25-10-4-2-5-11-25)26-12-6-3-7-13-26/h2-21,32H,1H3. The van der Waals surface area contributed by atoms with Gasteiger partial charge in [0, 0.05) is 48.6 Å². The Morgan fingerprint density at radius 1 is 0.529 bits per heavy atom. The van der Waals surface area contributed by atoms with Gasteiger partial charge in [-0.3, -0.25) is 0 Å². The van der Waals surface area contributed by atoms with Gasteiger partial charge in [0.2, 0.25) is 0 Å². The molecule has 34 heavy (non-hydrogen) atoms. The molecular formula is C31H24N2S. The first kappa shape index (κ1) is 20.5. The molecule has 0 spiro atoms. The SMILES string of the molecule is Cc1cc(Nc2ccc3sc4ccccc4c3c2)cc(N(c2ccccc2)c2ccccc2)c1. The predicted molar refractivity (Wildman–Crippen MR) is 148 cm³/mol. The van der Waals surface area contributed by atoms with Crippen LogP contribution >= 0.6 is 11.3 Å². The monoisotopic (exact) mass is 456 g/mol. The van der Waals surface area contributed by atoms with Gasteiger partial charge in [0.05, 0.1) is 0 Å². The average molecular weight is 457 g/mol. The van der Waals surface area contributed by atoms with Crippen molar-refractivity contribution in [2.75, 3.05) is 10.2 Å².